The molecule has 1 aliphatic heterocycles. The van der Waals surface area contributed by atoms with Crippen LogP contribution in [0.3, 0.4) is 0 Å². The van der Waals surface area contributed by atoms with Crippen molar-refractivity contribution in [3.63, 3.8) is 0 Å². The number of benzene rings is 1. The molecule has 3 heteroatoms. The summed E-state index contributed by atoms with van der Waals surface area (Å²) in [4.78, 5) is 14.4. The number of hydrogen-bond acceptors (Lipinski definition) is 2. The molecule has 1 aromatic rings. The summed E-state index contributed by atoms with van der Waals surface area (Å²) in [6, 6.07) is 8.28. The standard InChI is InChI=1S/C14H20N2O.C2H6/c1-10(2)16-9-8-11-6-4-5-7-12(11)13(15-3)14(16)17;1-2/h4-7,10,13,15H,8-9H2,1-3H3;1-2H3. The van der Waals surface area contributed by atoms with Gasteiger partial charge in [0.15, 0.2) is 0 Å². The van der Waals surface area contributed by atoms with Gasteiger partial charge in [0, 0.05) is 12.6 Å². The molecule has 1 atom stereocenters. The summed E-state index contributed by atoms with van der Waals surface area (Å²) in [5, 5.41) is 3.14. The molecule has 1 heterocycles. The van der Waals surface area contributed by atoms with E-state index in [0.29, 0.717) is 0 Å². The van der Waals surface area contributed by atoms with Crippen LogP contribution >= 0.6 is 0 Å². The lowest BCUT2D eigenvalue weighted by molar-refractivity contribution is -0.134. The summed E-state index contributed by atoms with van der Waals surface area (Å²) < 4.78 is 0. The fourth-order valence-electron chi connectivity index (χ4n) is 2.49. The smallest absolute Gasteiger partial charge is 0.244 e. The van der Waals surface area contributed by atoms with E-state index in [2.05, 4.69) is 31.3 Å². The Labute approximate surface area is 117 Å². The molecular weight excluding hydrogens is 236 g/mol. The van der Waals surface area contributed by atoms with Crippen molar-refractivity contribution in [3.8, 4) is 0 Å². The molecule has 0 saturated heterocycles. The second-order valence-corrected chi connectivity index (χ2v) is 4.80. The summed E-state index contributed by atoms with van der Waals surface area (Å²) >= 11 is 0. The van der Waals surface area contributed by atoms with E-state index in [1.807, 2.05) is 37.9 Å². The molecule has 1 N–H and O–H groups in total. The number of nitrogens with zero attached hydrogens (tertiary/aromatic N) is 1. The van der Waals surface area contributed by atoms with Gasteiger partial charge in [0.05, 0.1) is 0 Å². The fourth-order valence-corrected chi connectivity index (χ4v) is 2.49. The Morgan fingerprint density at radius 3 is 2.47 bits per heavy atom. The maximum absolute atomic E-state index is 12.4. The first-order valence-electron chi connectivity index (χ1n) is 7.20. The van der Waals surface area contributed by atoms with Crippen LogP contribution in [0.15, 0.2) is 24.3 Å². The normalized spacial score (nSPS) is 18.5. The Hall–Kier alpha value is -1.35. The van der Waals surface area contributed by atoms with Crippen molar-refractivity contribution in [2.75, 3.05) is 13.6 Å². The molecule has 0 radical (unpaired) electrons. The minimum atomic E-state index is -0.198. The number of rotatable bonds is 2. The number of hydrogen-bond donors (Lipinski definition) is 1. The van der Waals surface area contributed by atoms with Gasteiger partial charge in [-0.25, -0.2) is 0 Å². The van der Waals surface area contributed by atoms with Crippen molar-refractivity contribution in [2.24, 2.45) is 0 Å². The van der Waals surface area contributed by atoms with Crippen LogP contribution in [0.2, 0.25) is 0 Å². The molecule has 1 aliphatic rings. The van der Waals surface area contributed by atoms with E-state index in [9.17, 15) is 4.79 Å². The third-order valence-corrected chi connectivity index (χ3v) is 3.43. The van der Waals surface area contributed by atoms with Crippen molar-refractivity contribution in [2.45, 2.75) is 46.2 Å². The lowest BCUT2D eigenvalue weighted by Crippen LogP contribution is -2.42. The van der Waals surface area contributed by atoms with E-state index in [1.165, 1.54) is 5.56 Å². The van der Waals surface area contributed by atoms with Gasteiger partial charge in [-0.3, -0.25) is 4.79 Å². The zero-order valence-electron chi connectivity index (χ0n) is 12.7. The number of carbonyl (C=O) groups is 1. The molecule has 3 nitrogen and oxygen atoms in total. The topological polar surface area (TPSA) is 32.3 Å². The summed E-state index contributed by atoms with van der Waals surface area (Å²) in [7, 11) is 1.85. The van der Waals surface area contributed by atoms with Gasteiger partial charge in [-0.1, -0.05) is 38.1 Å². The fraction of sp³-hybridized carbons (Fsp3) is 0.562. The van der Waals surface area contributed by atoms with Gasteiger partial charge in [-0.15, -0.1) is 0 Å². The molecule has 106 valence electrons. The van der Waals surface area contributed by atoms with Gasteiger partial charge in [-0.05, 0) is 38.4 Å². The second-order valence-electron chi connectivity index (χ2n) is 4.80. The SMILES string of the molecule is CC.CNC1C(=O)N(C(C)C)CCc2ccccc21. The Kier molecular flexibility index (Phi) is 6.03. The molecule has 2 rings (SSSR count). The van der Waals surface area contributed by atoms with E-state index in [0.717, 1.165) is 18.5 Å². The predicted octanol–water partition coefficient (Wildman–Crippen LogP) is 2.77. The second kappa shape index (κ2) is 7.29. The van der Waals surface area contributed by atoms with Crippen LogP contribution in [-0.4, -0.2) is 30.4 Å². The van der Waals surface area contributed by atoms with E-state index in [4.69, 9.17) is 0 Å². The summed E-state index contributed by atoms with van der Waals surface area (Å²) in [6.45, 7) is 8.95. The van der Waals surface area contributed by atoms with E-state index in [-0.39, 0.29) is 18.0 Å². The maximum atomic E-state index is 12.4. The predicted molar refractivity (Wildman–Crippen MR) is 80.1 cm³/mol. The van der Waals surface area contributed by atoms with Crippen LogP contribution in [0.5, 0.6) is 0 Å². The van der Waals surface area contributed by atoms with Crippen LogP contribution < -0.4 is 5.32 Å². The van der Waals surface area contributed by atoms with E-state index >= 15 is 0 Å². The van der Waals surface area contributed by atoms with Crippen molar-refractivity contribution in [1.29, 1.82) is 0 Å². The van der Waals surface area contributed by atoms with E-state index < -0.39 is 0 Å². The molecular formula is C16H26N2O. The lowest BCUT2D eigenvalue weighted by Gasteiger charge is -2.28. The lowest BCUT2D eigenvalue weighted by atomic mass is 9.99. The Balaban J connectivity index is 0.000000861. The highest BCUT2D eigenvalue weighted by Gasteiger charge is 2.30. The maximum Gasteiger partial charge on any atom is 0.244 e. The zero-order chi connectivity index (χ0) is 14.4. The van der Waals surface area contributed by atoms with Crippen molar-refractivity contribution >= 4 is 5.91 Å². The first-order valence-corrected chi connectivity index (χ1v) is 7.20. The first-order chi connectivity index (χ1) is 9.15. The molecule has 1 amide bonds. The minimum absolute atomic E-state index is 0.187. The molecule has 0 saturated carbocycles. The van der Waals surface area contributed by atoms with Gasteiger partial charge in [0.2, 0.25) is 5.91 Å². The largest absolute Gasteiger partial charge is 0.338 e. The molecule has 19 heavy (non-hydrogen) atoms. The quantitative estimate of drug-likeness (QED) is 0.889. The minimum Gasteiger partial charge on any atom is -0.338 e. The number of amides is 1. The van der Waals surface area contributed by atoms with E-state index in [1.54, 1.807) is 0 Å². The summed E-state index contributed by atoms with van der Waals surface area (Å²) in [6.07, 6.45) is 0.943. The number of likely N-dealkylation sites (N-methyl/N-ethyl adjacent to an activating group) is 1. The third-order valence-electron chi connectivity index (χ3n) is 3.43. The molecule has 0 fully saturated rings. The Morgan fingerprint density at radius 2 is 1.89 bits per heavy atom. The molecule has 0 bridgehead atoms. The highest BCUT2D eigenvalue weighted by Crippen LogP contribution is 2.25. The number of fused-ring (bicyclic) bond motifs is 1. The Morgan fingerprint density at radius 1 is 1.26 bits per heavy atom. The van der Waals surface area contributed by atoms with Gasteiger partial charge in [-0.2, -0.15) is 0 Å². The van der Waals surface area contributed by atoms with Crippen LogP contribution in [-0.2, 0) is 11.2 Å². The van der Waals surface area contributed by atoms with Gasteiger partial charge in [0.1, 0.15) is 6.04 Å². The van der Waals surface area contributed by atoms with Crippen LogP contribution in [0, 0.1) is 0 Å². The van der Waals surface area contributed by atoms with Crippen LogP contribution in [0.4, 0.5) is 0 Å². The van der Waals surface area contributed by atoms with Gasteiger partial charge in [0.25, 0.3) is 0 Å². The van der Waals surface area contributed by atoms with Crippen LogP contribution in [0.1, 0.15) is 44.9 Å². The number of carbonyl (C=O) groups excluding carboxylic acids is 1. The first kappa shape index (κ1) is 15.7. The summed E-state index contributed by atoms with van der Waals surface area (Å²) in [5.41, 5.74) is 2.41. The number of nitrogens with one attached hydrogen (secondary N) is 1. The van der Waals surface area contributed by atoms with Gasteiger partial charge < -0.3 is 10.2 Å². The Bertz CT molecular complexity index is 415. The third kappa shape index (κ3) is 3.35. The molecule has 1 aromatic carbocycles. The highest BCUT2D eigenvalue weighted by molar-refractivity contribution is 5.84. The van der Waals surface area contributed by atoms with Gasteiger partial charge >= 0.3 is 0 Å². The highest BCUT2D eigenvalue weighted by atomic mass is 16.2. The van der Waals surface area contributed by atoms with Crippen molar-refractivity contribution in [3.05, 3.63) is 35.4 Å². The summed E-state index contributed by atoms with van der Waals surface area (Å²) in [5.74, 6) is 0.187. The average molecular weight is 262 g/mol. The van der Waals surface area contributed by atoms with Crippen molar-refractivity contribution in [1.82, 2.24) is 10.2 Å². The molecule has 1 unspecified atom stereocenters. The zero-order valence-corrected chi connectivity index (χ0v) is 12.7. The molecule has 0 aromatic heterocycles. The average Bonchev–Trinajstić information content (AvgIpc) is 2.57. The van der Waals surface area contributed by atoms with Crippen molar-refractivity contribution < 1.29 is 4.79 Å². The molecule has 0 aliphatic carbocycles. The molecule has 0 spiro atoms. The van der Waals surface area contributed by atoms with Crippen LogP contribution in [0.25, 0.3) is 0 Å². The monoisotopic (exact) mass is 262 g/mol.